The number of carbonyl (C=O) groups excluding carboxylic acids is 1. The summed E-state index contributed by atoms with van der Waals surface area (Å²) in [4.78, 5) is 12.7. The molecule has 0 saturated heterocycles. The summed E-state index contributed by atoms with van der Waals surface area (Å²) in [5.41, 5.74) is 1.53. The zero-order chi connectivity index (χ0) is 15.1. The number of ketones is 1. The summed E-state index contributed by atoms with van der Waals surface area (Å²) in [7, 11) is -1.33. The van der Waals surface area contributed by atoms with Crippen molar-refractivity contribution in [3.8, 4) is 0 Å². The van der Waals surface area contributed by atoms with Crippen LogP contribution in [0.1, 0.15) is 10.4 Å². The summed E-state index contributed by atoms with van der Waals surface area (Å²) in [5.74, 6) is -0.105. The zero-order valence-electron chi connectivity index (χ0n) is 11.6. The van der Waals surface area contributed by atoms with E-state index in [9.17, 15) is 9.00 Å². The van der Waals surface area contributed by atoms with Gasteiger partial charge in [-0.25, -0.2) is 0 Å². The number of Topliss-reactive ketones (excluding diaryl/α,β-unsaturated/α-hetero) is 1. The van der Waals surface area contributed by atoms with Gasteiger partial charge in [-0.1, -0.05) is 36.4 Å². The predicted molar refractivity (Wildman–Crippen MR) is 87.2 cm³/mol. The first-order chi connectivity index (χ1) is 10.2. The van der Waals surface area contributed by atoms with Crippen LogP contribution in [0, 0.1) is 0 Å². The van der Waals surface area contributed by atoms with E-state index in [4.69, 9.17) is 0 Å². The van der Waals surface area contributed by atoms with Crippen molar-refractivity contribution in [3.05, 3.63) is 72.8 Å². The molecule has 4 heteroatoms. The van der Waals surface area contributed by atoms with Gasteiger partial charge in [0.1, 0.15) is 0 Å². The summed E-state index contributed by atoms with van der Waals surface area (Å²) >= 11 is 0. The van der Waals surface area contributed by atoms with Crippen molar-refractivity contribution in [3.63, 3.8) is 0 Å². The molecule has 21 heavy (non-hydrogen) atoms. The normalized spacial score (nSPS) is 11.6. The SMILES string of the molecule is C=CCNc1ccc(S(=O)CC(=O)c2ccccc2)cc1. The Balaban J connectivity index is 2.00. The maximum Gasteiger partial charge on any atom is 0.175 e. The van der Waals surface area contributed by atoms with Crippen LogP contribution < -0.4 is 5.32 Å². The molecule has 0 saturated carbocycles. The van der Waals surface area contributed by atoms with Gasteiger partial charge in [-0.15, -0.1) is 6.58 Å². The monoisotopic (exact) mass is 299 g/mol. The van der Waals surface area contributed by atoms with Gasteiger partial charge in [0, 0.05) is 22.7 Å². The molecule has 2 aromatic carbocycles. The number of anilines is 1. The molecule has 2 rings (SSSR count). The molecule has 108 valence electrons. The van der Waals surface area contributed by atoms with Crippen LogP contribution in [0.4, 0.5) is 5.69 Å². The average molecular weight is 299 g/mol. The predicted octanol–water partition coefficient (Wildman–Crippen LogP) is 3.28. The first-order valence-corrected chi connectivity index (χ1v) is 7.94. The number of carbonyl (C=O) groups is 1. The molecule has 0 aliphatic carbocycles. The van der Waals surface area contributed by atoms with Crippen molar-refractivity contribution in [2.24, 2.45) is 0 Å². The van der Waals surface area contributed by atoms with E-state index in [0.717, 1.165) is 5.69 Å². The highest BCUT2D eigenvalue weighted by molar-refractivity contribution is 7.85. The molecule has 1 unspecified atom stereocenters. The van der Waals surface area contributed by atoms with Gasteiger partial charge in [-0.05, 0) is 24.3 Å². The highest BCUT2D eigenvalue weighted by Crippen LogP contribution is 2.14. The van der Waals surface area contributed by atoms with E-state index in [1.807, 2.05) is 18.2 Å². The van der Waals surface area contributed by atoms with E-state index in [-0.39, 0.29) is 11.5 Å². The topological polar surface area (TPSA) is 46.2 Å². The fraction of sp³-hybridized carbons (Fsp3) is 0.118. The first-order valence-electron chi connectivity index (χ1n) is 6.62. The highest BCUT2D eigenvalue weighted by Gasteiger charge is 2.11. The second kappa shape index (κ2) is 7.55. The smallest absolute Gasteiger partial charge is 0.175 e. The minimum atomic E-state index is -1.33. The van der Waals surface area contributed by atoms with Crippen molar-refractivity contribution < 1.29 is 9.00 Å². The van der Waals surface area contributed by atoms with E-state index in [2.05, 4.69) is 11.9 Å². The number of hydrogen-bond acceptors (Lipinski definition) is 3. The molecule has 1 N–H and O–H groups in total. The van der Waals surface area contributed by atoms with Crippen molar-refractivity contribution in [2.75, 3.05) is 17.6 Å². The van der Waals surface area contributed by atoms with E-state index < -0.39 is 10.8 Å². The minimum absolute atomic E-state index is 0.00342. The van der Waals surface area contributed by atoms with Crippen LogP contribution in [0.2, 0.25) is 0 Å². The molecular weight excluding hydrogens is 282 g/mol. The second-order valence-corrected chi connectivity index (χ2v) is 5.92. The maximum absolute atomic E-state index is 12.2. The molecule has 0 fully saturated rings. The van der Waals surface area contributed by atoms with E-state index in [1.54, 1.807) is 42.5 Å². The molecule has 3 nitrogen and oxygen atoms in total. The Morgan fingerprint density at radius 1 is 1.10 bits per heavy atom. The third kappa shape index (κ3) is 4.39. The second-order valence-electron chi connectivity index (χ2n) is 4.47. The molecule has 0 aliphatic heterocycles. The van der Waals surface area contributed by atoms with Crippen LogP contribution in [0.3, 0.4) is 0 Å². The van der Waals surface area contributed by atoms with E-state index in [0.29, 0.717) is 17.0 Å². The lowest BCUT2D eigenvalue weighted by atomic mass is 10.2. The van der Waals surface area contributed by atoms with Gasteiger partial charge in [-0.3, -0.25) is 9.00 Å². The van der Waals surface area contributed by atoms with Crippen LogP contribution in [0.5, 0.6) is 0 Å². The summed E-state index contributed by atoms with van der Waals surface area (Å²) < 4.78 is 12.2. The van der Waals surface area contributed by atoms with Crippen molar-refractivity contribution in [2.45, 2.75) is 4.90 Å². The third-order valence-electron chi connectivity index (χ3n) is 2.93. The van der Waals surface area contributed by atoms with Gasteiger partial charge in [-0.2, -0.15) is 0 Å². The maximum atomic E-state index is 12.2. The Labute approximate surface area is 127 Å². The fourth-order valence-corrected chi connectivity index (χ4v) is 2.84. The zero-order valence-corrected chi connectivity index (χ0v) is 12.4. The molecule has 0 spiro atoms. The Bertz CT molecular complexity index is 636. The van der Waals surface area contributed by atoms with Crippen LogP contribution in [0.15, 0.2) is 72.1 Å². The lowest BCUT2D eigenvalue weighted by molar-refractivity contribution is 0.102. The van der Waals surface area contributed by atoms with Crippen LogP contribution in [0.25, 0.3) is 0 Å². The average Bonchev–Trinajstić information content (AvgIpc) is 2.54. The van der Waals surface area contributed by atoms with Crippen molar-refractivity contribution in [1.82, 2.24) is 0 Å². The standard InChI is InChI=1S/C17H17NO2S/c1-2-12-18-15-8-10-16(11-9-15)21(20)13-17(19)14-6-4-3-5-7-14/h2-11,18H,1,12-13H2. The molecule has 0 heterocycles. The number of rotatable bonds is 7. The summed E-state index contributed by atoms with van der Waals surface area (Å²) in [6.07, 6.45) is 1.77. The molecule has 0 amide bonds. The van der Waals surface area contributed by atoms with Gasteiger partial charge in [0.25, 0.3) is 0 Å². The molecule has 0 bridgehead atoms. The molecule has 0 aliphatic rings. The number of benzene rings is 2. The molecule has 2 aromatic rings. The minimum Gasteiger partial charge on any atom is -0.382 e. The molecular formula is C17H17NO2S. The summed E-state index contributed by atoms with van der Waals surface area (Å²) in [6, 6.07) is 16.2. The van der Waals surface area contributed by atoms with Crippen molar-refractivity contribution >= 4 is 22.3 Å². The highest BCUT2D eigenvalue weighted by atomic mass is 32.2. The van der Waals surface area contributed by atoms with Crippen molar-refractivity contribution in [1.29, 1.82) is 0 Å². The Morgan fingerprint density at radius 3 is 2.38 bits per heavy atom. The van der Waals surface area contributed by atoms with Crippen LogP contribution >= 0.6 is 0 Å². The first kappa shape index (κ1) is 15.2. The Morgan fingerprint density at radius 2 is 1.76 bits per heavy atom. The quantitative estimate of drug-likeness (QED) is 0.630. The summed E-state index contributed by atoms with van der Waals surface area (Å²) in [5, 5.41) is 3.14. The molecule has 0 radical (unpaired) electrons. The number of nitrogens with one attached hydrogen (secondary N) is 1. The lowest BCUT2D eigenvalue weighted by Gasteiger charge is -2.05. The van der Waals surface area contributed by atoms with Crippen LogP contribution in [-0.4, -0.2) is 22.3 Å². The van der Waals surface area contributed by atoms with Crippen LogP contribution in [-0.2, 0) is 10.8 Å². The number of hydrogen-bond donors (Lipinski definition) is 1. The van der Waals surface area contributed by atoms with Gasteiger partial charge in [0.05, 0.1) is 16.6 Å². The van der Waals surface area contributed by atoms with E-state index in [1.165, 1.54) is 0 Å². The lowest BCUT2D eigenvalue weighted by Crippen LogP contribution is -2.11. The molecule has 0 aromatic heterocycles. The van der Waals surface area contributed by atoms with Gasteiger partial charge < -0.3 is 5.32 Å². The molecule has 1 atom stereocenters. The van der Waals surface area contributed by atoms with Gasteiger partial charge in [0.2, 0.25) is 0 Å². The Kier molecular flexibility index (Phi) is 5.46. The third-order valence-corrected chi connectivity index (χ3v) is 4.25. The Hall–Kier alpha value is -2.20. The summed E-state index contributed by atoms with van der Waals surface area (Å²) in [6.45, 7) is 4.31. The van der Waals surface area contributed by atoms with Gasteiger partial charge in [0.15, 0.2) is 5.78 Å². The van der Waals surface area contributed by atoms with E-state index >= 15 is 0 Å². The van der Waals surface area contributed by atoms with Gasteiger partial charge >= 0.3 is 0 Å². The fourth-order valence-electron chi connectivity index (χ4n) is 1.82. The largest absolute Gasteiger partial charge is 0.382 e.